The van der Waals surface area contributed by atoms with Crippen LogP contribution in [-0.2, 0) is 0 Å². The second-order valence-corrected chi connectivity index (χ2v) is 3.16. The summed E-state index contributed by atoms with van der Waals surface area (Å²) < 4.78 is 0. The Morgan fingerprint density at radius 3 is 2.27 bits per heavy atom. The number of nitriles is 2. The lowest BCUT2D eigenvalue weighted by molar-refractivity contribution is 0.296. The number of nitrogens with zero attached hydrogens (tertiary/aromatic N) is 2. The van der Waals surface area contributed by atoms with Crippen molar-refractivity contribution in [3.05, 3.63) is 0 Å². The molecule has 0 N–H and O–H groups in total. The van der Waals surface area contributed by atoms with E-state index in [2.05, 4.69) is 26.0 Å². The standard InChI is InChI=1S/C9H14N2/c1-3-9(2,6-8-11)5-4-7-10/h3-6H2,1-2H3/t9-/m1/s1. The zero-order chi connectivity index (χ0) is 8.74. The molecule has 0 rings (SSSR count). The van der Waals surface area contributed by atoms with Gasteiger partial charge in [-0.05, 0) is 18.3 Å². The SMILES string of the molecule is CC[C@@](C)(CC#N)CCC#N. The molecule has 11 heavy (non-hydrogen) atoms. The molecule has 0 heterocycles. The molecular formula is C9H14N2. The minimum absolute atomic E-state index is 0.0600. The van der Waals surface area contributed by atoms with Crippen molar-refractivity contribution in [3.63, 3.8) is 0 Å². The smallest absolute Gasteiger partial charge is 0.0627 e. The average molecular weight is 150 g/mol. The van der Waals surface area contributed by atoms with E-state index < -0.39 is 0 Å². The highest BCUT2D eigenvalue weighted by Crippen LogP contribution is 2.30. The van der Waals surface area contributed by atoms with E-state index in [1.807, 2.05) is 0 Å². The topological polar surface area (TPSA) is 47.6 Å². The van der Waals surface area contributed by atoms with Crippen molar-refractivity contribution in [3.8, 4) is 12.1 Å². The zero-order valence-electron chi connectivity index (χ0n) is 7.22. The Bertz CT molecular complexity index is 185. The molecule has 0 aliphatic rings. The fraction of sp³-hybridized carbons (Fsp3) is 0.778. The van der Waals surface area contributed by atoms with Crippen molar-refractivity contribution in [2.45, 2.75) is 39.5 Å². The minimum atomic E-state index is 0.0600. The summed E-state index contributed by atoms with van der Waals surface area (Å²) in [5.74, 6) is 0. The van der Waals surface area contributed by atoms with Crippen molar-refractivity contribution < 1.29 is 0 Å². The van der Waals surface area contributed by atoms with Gasteiger partial charge in [-0.3, -0.25) is 0 Å². The van der Waals surface area contributed by atoms with Crippen LogP contribution in [0.15, 0.2) is 0 Å². The first kappa shape index (κ1) is 9.98. The van der Waals surface area contributed by atoms with Crippen LogP contribution in [0.1, 0.15) is 39.5 Å². The molecule has 0 aliphatic heterocycles. The molecule has 0 saturated carbocycles. The Hall–Kier alpha value is -1.02. The number of rotatable bonds is 4. The molecule has 0 spiro atoms. The van der Waals surface area contributed by atoms with Gasteiger partial charge in [0.25, 0.3) is 0 Å². The van der Waals surface area contributed by atoms with E-state index in [1.54, 1.807) is 0 Å². The molecule has 0 aromatic heterocycles. The molecule has 0 bridgehead atoms. The summed E-state index contributed by atoms with van der Waals surface area (Å²) in [4.78, 5) is 0. The van der Waals surface area contributed by atoms with Crippen molar-refractivity contribution in [1.29, 1.82) is 10.5 Å². The van der Waals surface area contributed by atoms with Gasteiger partial charge in [-0.15, -0.1) is 0 Å². The third-order valence-electron chi connectivity index (χ3n) is 2.20. The average Bonchev–Trinajstić information content (AvgIpc) is 2.02. The Morgan fingerprint density at radius 1 is 1.27 bits per heavy atom. The fourth-order valence-electron chi connectivity index (χ4n) is 0.939. The van der Waals surface area contributed by atoms with Gasteiger partial charge >= 0.3 is 0 Å². The number of hydrogen-bond acceptors (Lipinski definition) is 2. The van der Waals surface area contributed by atoms with Gasteiger partial charge in [0.1, 0.15) is 0 Å². The highest BCUT2D eigenvalue weighted by atomic mass is 14.3. The van der Waals surface area contributed by atoms with Gasteiger partial charge in [-0.2, -0.15) is 10.5 Å². The first-order chi connectivity index (χ1) is 5.18. The third kappa shape index (κ3) is 3.63. The van der Waals surface area contributed by atoms with Crippen molar-refractivity contribution in [2.75, 3.05) is 0 Å². The molecule has 0 aromatic rings. The van der Waals surface area contributed by atoms with Crippen LogP contribution in [0.4, 0.5) is 0 Å². The van der Waals surface area contributed by atoms with Crippen LogP contribution >= 0.6 is 0 Å². The summed E-state index contributed by atoms with van der Waals surface area (Å²) in [6, 6.07) is 4.27. The molecule has 0 unspecified atom stereocenters. The quantitative estimate of drug-likeness (QED) is 0.618. The maximum absolute atomic E-state index is 8.50. The van der Waals surface area contributed by atoms with E-state index in [4.69, 9.17) is 10.5 Å². The van der Waals surface area contributed by atoms with Gasteiger partial charge in [0, 0.05) is 12.8 Å². The molecule has 0 aliphatic carbocycles. The van der Waals surface area contributed by atoms with Gasteiger partial charge in [0.2, 0.25) is 0 Å². The van der Waals surface area contributed by atoms with Crippen LogP contribution in [0.5, 0.6) is 0 Å². The second-order valence-electron chi connectivity index (χ2n) is 3.16. The maximum Gasteiger partial charge on any atom is 0.0627 e. The highest BCUT2D eigenvalue weighted by Gasteiger charge is 2.20. The largest absolute Gasteiger partial charge is 0.198 e. The summed E-state index contributed by atoms with van der Waals surface area (Å²) in [6.45, 7) is 4.13. The predicted molar refractivity (Wildman–Crippen MR) is 43.5 cm³/mol. The van der Waals surface area contributed by atoms with E-state index in [0.717, 1.165) is 12.8 Å². The fourth-order valence-corrected chi connectivity index (χ4v) is 0.939. The molecule has 0 fully saturated rings. The van der Waals surface area contributed by atoms with Crippen molar-refractivity contribution in [2.24, 2.45) is 5.41 Å². The minimum Gasteiger partial charge on any atom is -0.198 e. The summed E-state index contributed by atoms with van der Waals surface area (Å²) in [7, 11) is 0. The Balaban J connectivity index is 3.92. The van der Waals surface area contributed by atoms with E-state index in [-0.39, 0.29) is 5.41 Å². The van der Waals surface area contributed by atoms with Crippen LogP contribution in [0.25, 0.3) is 0 Å². The van der Waals surface area contributed by atoms with E-state index in [0.29, 0.717) is 12.8 Å². The molecule has 0 radical (unpaired) electrons. The summed E-state index contributed by atoms with van der Waals surface area (Å²) in [5, 5.41) is 16.9. The maximum atomic E-state index is 8.50. The van der Waals surface area contributed by atoms with Gasteiger partial charge in [0.15, 0.2) is 0 Å². The van der Waals surface area contributed by atoms with Crippen molar-refractivity contribution in [1.82, 2.24) is 0 Å². The Morgan fingerprint density at radius 2 is 1.91 bits per heavy atom. The normalized spacial score (nSPS) is 14.5. The Kier molecular flexibility index (Phi) is 4.30. The summed E-state index contributed by atoms with van der Waals surface area (Å²) >= 11 is 0. The van der Waals surface area contributed by atoms with E-state index in [1.165, 1.54) is 0 Å². The van der Waals surface area contributed by atoms with Gasteiger partial charge in [0.05, 0.1) is 12.1 Å². The lowest BCUT2D eigenvalue weighted by atomic mass is 9.80. The molecular weight excluding hydrogens is 136 g/mol. The van der Waals surface area contributed by atoms with E-state index >= 15 is 0 Å². The van der Waals surface area contributed by atoms with Crippen molar-refractivity contribution >= 4 is 0 Å². The van der Waals surface area contributed by atoms with Gasteiger partial charge in [-0.1, -0.05) is 13.8 Å². The van der Waals surface area contributed by atoms with E-state index in [9.17, 15) is 0 Å². The lowest BCUT2D eigenvalue weighted by Gasteiger charge is -2.23. The molecule has 60 valence electrons. The van der Waals surface area contributed by atoms with Crippen LogP contribution in [0, 0.1) is 28.1 Å². The molecule has 0 amide bonds. The summed E-state index contributed by atoms with van der Waals surface area (Å²) in [5.41, 5.74) is 0.0600. The lowest BCUT2D eigenvalue weighted by Crippen LogP contribution is -2.13. The first-order valence-corrected chi connectivity index (χ1v) is 3.92. The third-order valence-corrected chi connectivity index (χ3v) is 2.20. The van der Waals surface area contributed by atoms with Crippen LogP contribution < -0.4 is 0 Å². The monoisotopic (exact) mass is 150 g/mol. The predicted octanol–water partition coefficient (Wildman–Crippen LogP) is 2.62. The molecule has 1 atom stereocenters. The number of hydrogen-bond donors (Lipinski definition) is 0. The van der Waals surface area contributed by atoms with Crippen LogP contribution in [-0.4, -0.2) is 0 Å². The van der Waals surface area contributed by atoms with Crippen LogP contribution in [0.2, 0.25) is 0 Å². The molecule has 2 nitrogen and oxygen atoms in total. The van der Waals surface area contributed by atoms with Crippen LogP contribution in [0.3, 0.4) is 0 Å². The highest BCUT2D eigenvalue weighted by molar-refractivity contribution is 4.87. The Labute approximate surface area is 68.4 Å². The van der Waals surface area contributed by atoms with Gasteiger partial charge < -0.3 is 0 Å². The first-order valence-electron chi connectivity index (χ1n) is 3.92. The van der Waals surface area contributed by atoms with Gasteiger partial charge in [-0.25, -0.2) is 0 Å². The molecule has 0 saturated heterocycles. The molecule has 0 aromatic carbocycles. The second kappa shape index (κ2) is 4.74. The summed E-state index contributed by atoms with van der Waals surface area (Å²) in [6.07, 6.45) is 2.94. The molecule has 2 heteroatoms. The zero-order valence-corrected chi connectivity index (χ0v) is 7.22.